The van der Waals surface area contributed by atoms with Crippen molar-refractivity contribution in [3.05, 3.63) is 94.6 Å². The fourth-order valence-corrected chi connectivity index (χ4v) is 9.89. The van der Waals surface area contributed by atoms with Crippen LogP contribution >= 0.6 is 0 Å². The molecule has 0 bridgehead atoms. The van der Waals surface area contributed by atoms with Gasteiger partial charge in [-0.2, -0.15) is 14.4 Å². The second-order valence-corrected chi connectivity index (χ2v) is 17.2. The number of hydrogen-bond donors (Lipinski definition) is 2. The highest BCUT2D eigenvalue weighted by Crippen LogP contribution is 2.34. The lowest BCUT2D eigenvalue weighted by molar-refractivity contribution is 0.187. The average molecular weight is 751 g/mol. The number of aromatic nitrogens is 5. The van der Waals surface area contributed by atoms with Crippen molar-refractivity contribution in [2.75, 3.05) is 56.2 Å². The Labute approximate surface area is 316 Å². The molecule has 0 spiro atoms. The van der Waals surface area contributed by atoms with Crippen molar-refractivity contribution in [3.63, 3.8) is 0 Å². The summed E-state index contributed by atoms with van der Waals surface area (Å²) in [5.74, 6) is 2.36. The predicted octanol–water partition coefficient (Wildman–Crippen LogP) is 4.42. The molecular formula is C40H50N10O3S. The number of sulfonamides is 1. The Morgan fingerprint density at radius 1 is 0.981 bits per heavy atom. The van der Waals surface area contributed by atoms with E-state index in [0.29, 0.717) is 54.3 Å². The molecular weight excluding hydrogens is 701 g/mol. The number of nitrogens with one attached hydrogen (secondary N) is 2. The molecule has 14 heteroatoms. The zero-order valence-corrected chi connectivity index (χ0v) is 32.2. The molecule has 0 saturated carbocycles. The highest BCUT2D eigenvalue weighted by molar-refractivity contribution is 7.89. The fourth-order valence-electron chi connectivity index (χ4n) is 8.34. The van der Waals surface area contributed by atoms with E-state index in [-0.39, 0.29) is 11.6 Å². The summed E-state index contributed by atoms with van der Waals surface area (Å²) in [6, 6.07) is 17.6. The number of fused-ring (bicyclic) bond motifs is 2. The molecule has 6 heterocycles. The number of benzene rings is 2. The molecule has 2 saturated heterocycles. The van der Waals surface area contributed by atoms with Crippen LogP contribution in [0.2, 0.25) is 0 Å². The summed E-state index contributed by atoms with van der Waals surface area (Å²) in [5.41, 5.74) is 4.05. The lowest BCUT2D eigenvalue weighted by atomic mass is 9.88. The minimum Gasteiger partial charge on any atom is -0.351 e. The minimum absolute atomic E-state index is 0.0324. The van der Waals surface area contributed by atoms with E-state index >= 15 is 0 Å². The summed E-state index contributed by atoms with van der Waals surface area (Å²) in [4.78, 5) is 26.1. The SMILES string of the molecule is CC(Cc1cccc(S(=O)(=O)N2CCC(Nc3ncc4ccc(=O)n(C)c4n3)CC2)c1)CN1CCC(c2ccc3c(N4C=CCNC4)nn(C)c3c2)CC1. The smallest absolute Gasteiger partial charge is 0.251 e. The normalized spacial score (nSPS) is 18.8. The van der Waals surface area contributed by atoms with E-state index in [4.69, 9.17) is 5.10 Å². The third-order valence-electron chi connectivity index (χ3n) is 11.3. The number of anilines is 2. The van der Waals surface area contributed by atoms with Gasteiger partial charge in [0.15, 0.2) is 5.82 Å². The molecule has 2 N–H and O–H groups in total. The molecule has 3 aliphatic rings. The zero-order chi connectivity index (χ0) is 37.4. The van der Waals surface area contributed by atoms with Gasteiger partial charge in [0.1, 0.15) is 5.65 Å². The monoisotopic (exact) mass is 750 g/mol. The zero-order valence-electron chi connectivity index (χ0n) is 31.4. The molecule has 0 aliphatic carbocycles. The minimum atomic E-state index is -3.62. The van der Waals surface area contributed by atoms with Gasteiger partial charge in [0, 0.05) is 75.6 Å². The molecule has 3 aromatic heterocycles. The van der Waals surface area contributed by atoms with Gasteiger partial charge in [0.05, 0.1) is 17.1 Å². The Morgan fingerprint density at radius 3 is 2.57 bits per heavy atom. The number of likely N-dealkylation sites (tertiary alicyclic amines) is 1. The lowest BCUT2D eigenvalue weighted by Gasteiger charge is -2.34. The van der Waals surface area contributed by atoms with Gasteiger partial charge in [-0.1, -0.05) is 31.2 Å². The summed E-state index contributed by atoms with van der Waals surface area (Å²) in [6.07, 6.45) is 10.3. The van der Waals surface area contributed by atoms with Crippen molar-refractivity contribution in [1.29, 1.82) is 0 Å². The third-order valence-corrected chi connectivity index (χ3v) is 13.2. The van der Waals surface area contributed by atoms with Crippen LogP contribution in [0.5, 0.6) is 0 Å². The van der Waals surface area contributed by atoms with Crippen LogP contribution in [0.4, 0.5) is 11.8 Å². The Balaban J connectivity index is 0.829. The van der Waals surface area contributed by atoms with Crippen molar-refractivity contribution in [2.45, 2.75) is 55.9 Å². The maximum Gasteiger partial charge on any atom is 0.251 e. The molecule has 5 aromatic rings. The number of aryl methyl sites for hydroxylation is 2. The first kappa shape index (κ1) is 36.4. The van der Waals surface area contributed by atoms with Gasteiger partial charge in [0.25, 0.3) is 5.56 Å². The topological polar surface area (TPSA) is 134 Å². The van der Waals surface area contributed by atoms with E-state index < -0.39 is 10.0 Å². The standard InChI is InChI=1S/C40H50N10O3S/c1-28(26-48-18-12-30(13-19-48)31-8-10-35-36(24-31)47(3)45-39(35)49-17-5-16-41-27-49)22-29-6-4-7-34(23-29)54(52,53)50-20-14-33(15-21-50)43-40-42-25-32-9-11-37(51)46(2)38(32)44-40/h4-11,17,23-25,28,30,33,41H,12-16,18-22,26-27H2,1-3H3,(H,42,43,44). The van der Waals surface area contributed by atoms with Crippen LogP contribution in [-0.4, -0.2) is 93.9 Å². The van der Waals surface area contributed by atoms with Crippen molar-refractivity contribution >= 4 is 43.7 Å². The molecule has 13 nitrogen and oxygen atoms in total. The van der Waals surface area contributed by atoms with Gasteiger partial charge < -0.3 is 15.1 Å². The molecule has 54 heavy (non-hydrogen) atoms. The largest absolute Gasteiger partial charge is 0.351 e. The van der Waals surface area contributed by atoms with Crippen molar-refractivity contribution in [1.82, 2.24) is 38.8 Å². The molecule has 3 aliphatic heterocycles. The number of pyridine rings is 1. The second-order valence-electron chi connectivity index (χ2n) is 15.2. The highest BCUT2D eigenvalue weighted by Gasteiger charge is 2.30. The highest BCUT2D eigenvalue weighted by atomic mass is 32.2. The lowest BCUT2D eigenvalue weighted by Crippen LogP contribution is -2.42. The van der Waals surface area contributed by atoms with E-state index in [2.05, 4.69) is 73.9 Å². The summed E-state index contributed by atoms with van der Waals surface area (Å²) >= 11 is 0. The first-order valence-electron chi connectivity index (χ1n) is 19.1. The number of nitrogens with zero attached hydrogens (tertiary/aromatic N) is 8. The van der Waals surface area contributed by atoms with Crippen LogP contribution in [0.1, 0.15) is 49.7 Å². The second kappa shape index (κ2) is 15.2. The Morgan fingerprint density at radius 2 is 1.80 bits per heavy atom. The van der Waals surface area contributed by atoms with Crippen molar-refractivity contribution in [3.8, 4) is 0 Å². The number of piperidine rings is 2. The van der Waals surface area contributed by atoms with Gasteiger partial charge in [0.2, 0.25) is 16.0 Å². The Hall–Kier alpha value is -4.63. The van der Waals surface area contributed by atoms with Crippen LogP contribution < -0.4 is 21.1 Å². The quantitative estimate of drug-likeness (QED) is 0.212. The van der Waals surface area contributed by atoms with Gasteiger partial charge in [-0.15, -0.1) is 0 Å². The Bertz CT molecular complexity index is 2340. The van der Waals surface area contributed by atoms with Crippen LogP contribution in [0.3, 0.4) is 0 Å². The van der Waals surface area contributed by atoms with Crippen molar-refractivity contribution < 1.29 is 8.42 Å². The molecule has 1 unspecified atom stereocenters. The summed E-state index contributed by atoms with van der Waals surface area (Å²) < 4.78 is 32.6. The average Bonchev–Trinajstić information content (AvgIpc) is 3.52. The van der Waals surface area contributed by atoms with Gasteiger partial charge >= 0.3 is 0 Å². The van der Waals surface area contributed by atoms with Crippen LogP contribution in [0, 0.1) is 5.92 Å². The third kappa shape index (κ3) is 7.52. The number of hydrogen-bond acceptors (Lipinski definition) is 10. The molecule has 284 valence electrons. The summed E-state index contributed by atoms with van der Waals surface area (Å²) in [6.45, 7) is 7.84. The van der Waals surface area contributed by atoms with Crippen LogP contribution in [-0.2, 0) is 30.5 Å². The number of rotatable bonds is 10. The van der Waals surface area contributed by atoms with E-state index in [9.17, 15) is 13.2 Å². The molecule has 2 fully saturated rings. The fraction of sp³-hybridized carbons (Fsp3) is 0.450. The molecule has 0 amide bonds. The van der Waals surface area contributed by atoms with E-state index in [1.807, 2.05) is 23.9 Å². The van der Waals surface area contributed by atoms with Crippen LogP contribution in [0.25, 0.3) is 21.9 Å². The maximum atomic E-state index is 13.8. The van der Waals surface area contributed by atoms with Gasteiger partial charge in [-0.05, 0) is 98.5 Å². The van der Waals surface area contributed by atoms with Gasteiger partial charge in [-0.25, -0.2) is 13.4 Å². The van der Waals surface area contributed by atoms with E-state index in [0.717, 1.165) is 68.9 Å². The molecule has 0 radical (unpaired) electrons. The summed E-state index contributed by atoms with van der Waals surface area (Å²) in [7, 11) is 0.0991. The summed E-state index contributed by atoms with van der Waals surface area (Å²) in [5, 5.41) is 13.5. The van der Waals surface area contributed by atoms with E-state index in [1.54, 1.807) is 29.7 Å². The maximum absolute atomic E-state index is 13.8. The molecule has 2 aromatic carbocycles. The molecule has 8 rings (SSSR count). The Kier molecular flexibility index (Phi) is 10.3. The first-order chi connectivity index (χ1) is 26.1. The van der Waals surface area contributed by atoms with Crippen LogP contribution in [0.15, 0.2) is 82.8 Å². The van der Waals surface area contributed by atoms with Gasteiger partial charge in [-0.3, -0.25) is 19.4 Å². The predicted molar refractivity (Wildman–Crippen MR) is 213 cm³/mol. The van der Waals surface area contributed by atoms with Crippen molar-refractivity contribution in [2.24, 2.45) is 20.0 Å². The van der Waals surface area contributed by atoms with E-state index in [1.165, 1.54) is 27.1 Å². The first-order valence-corrected chi connectivity index (χ1v) is 20.6. The molecule has 1 atom stereocenters.